The van der Waals surface area contributed by atoms with Crippen molar-refractivity contribution >= 4 is 34.0 Å². The van der Waals surface area contributed by atoms with Crippen LogP contribution in [0.5, 0.6) is 5.75 Å². The number of hydrogen-bond acceptors (Lipinski definition) is 4. The average molecular weight is 355 g/mol. The van der Waals surface area contributed by atoms with E-state index in [1.54, 1.807) is 30.6 Å². The van der Waals surface area contributed by atoms with E-state index in [9.17, 15) is 9.90 Å². The summed E-state index contributed by atoms with van der Waals surface area (Å²) in [4.78, 5) is 17.1. The average Bonchev–Trinajstić information content (AvgIpc) is 2.63. The van der Waals surface area contributed by atoms with Gasteiger partial charge in [-0.2, -0.15) is 0 Å². The number of amides is 1. The summed E-state index contributed by atoms with van der Waals surface area (Å²) in [6, 6.07) is 12.5. The van der Waals surface area contributed by atoms with E-state index in [0.29, 0.717) is 22.0 Å². The Morgan fingerprint density at radius 3 is 2.96 bits per heavy atom. The van der Waals surface area contributed by atoms with Gasteiger partial charge >= 0.3 is 0 Å². The zero-order chi connectivity index (χ0) is 17.4. The van der Waals surface area contributed by atoms with Gasteiger partial charge in [0.2, 0.25) is 0 Å². The van der Waals surface area contributed by atoms with E-state index in [2.05, 4.69) is 10.3 Å². The molecule has 2 heterocycles. The highest BCUT2D eigenvalue weighted by Gasteiger charge is 2.43. The number of fused-ring (bicyclic) bond motifs is 2. The molecule has 1 atom stereocenters. The summed E-state index contributed by atoms with van der Waals surface area (Å²) in [5, 5.41) is 16.1. The standard InChI is InChI=1S/C19H15ClN2O3/c20-13-5-6-17-15(9-13)19(24,7-8-25-17)18(23)22-16-11-21-10-12-3-1-2-4-14(12)16/h1-6,9-11,24H,7-8H2,(H,22,23)/t19-/m1/s1. The summed E-state index contributed by atoms with van der Waals surface area (Å²) in [6.45, 7) is 0.242. The van der Waals surface area contributed by atoms with E-state index in [1.165, 1.54) is 0 Å². The van der Waals surface area contributed by atoms with Crippen molar-refractivity contribution in [2.45, 2.75) is 12.0 Å². The molecule has 0 unspecified atom stereocenters. The molecule has 0 fully saturated rings. The second-order valence-corrected chi connectivity index (χ2v) is 6.40. The largest absolute Gasteiger partial charge is 0.493 e. The first-order chi connectivity index (χ1) is 12.1. The molecule has 0 aliphatic carbocycles. The lowest BCUT2D eigenvalue weighted by atomic mass is 9.87. The Balaban J connectivity index is 1.73. The van der Waals surface area contributed by atoms with Gasteiger partial charge < -0.3 is 15.2 Å². The van der Waals surface area contributed by atoms with E-state index >= 15 is 0 Å². The molecule has 0 spiro atoms. The number of carbonyl (C=O) groups is 1. The summed E-state index contributed by atoms with van der Waals surface area (Å²) in [5.41, 5.74) is -0.793. The Kier molecular flexibility index (Phi) is 3.82. The van der Waals surface area contributed by atoms with Crippen molar-refractivity contribution in [1.82, 2.24) is 4.98 Å². The topological polar surface area (TPSA) is 71.5 Å². The van der Waals surface area contributed by atoms with Crippen LogP contribution in [0.3, 0.4) is 0 Å². The molecule has 0 saturated heterocycles. The third-order valence-electron chi connectivity index (χ3n) is 4.40. The van der Waals surface area contributed by atoms with Crippen molar-refractivity contribution in [3.05, 3.63) is 65.4 Å². The summed E-state index contributed by atoms with van der Waals surface area (Å²) in [6.07, 6.45) is 3.44. The molecular formula is C19H15ClN2O3. The van der Waals surface area contributed by atoms with E-state index in [-0.39, 0.29) is 13.0 Å². The summed E-state index contributed by atoms with van der Waals surface area (Å²) in [5.74, 6) is -0.0678. The van der Waals surface area contributed by atoms with E-state index < -0.39 is 11.5 Å². The normalized spacial score (nSPS) is 19.1. The zero-order valence-corrected chi connectivity index (χ0v) is 14.0. The molecule has 5 nitrogen and oxygen atoms in total. The van der Waals surface area contributed by atoms with Crippen molar-refractivity contribution in [2.24, 2.45) is 0 Å². The van der Waals surface area contributed by atoms with Gasteiger partial charge in [-0.25, -0.2) is 0 Å². The van der Waals surface area contributed by atoms with Gasteiger partial charge in [0.25, 0.3) is 5.91 Å². The number of rotatable bonds is 2. The predicted molar refractivity (Wildman–Crippen MR) is 95.8 cm³/mol. The van der Waals surface area contributed by atoms with Gasteiger partial charge in [0.1, 0.15) is 5.75 Å². The molecule has 25 heavy (non-hydrogen) atoms. The van der Waals surface area contributed by atoms with E-state index in [1.807, 2.05) is 24.3 Å². The quantitative estimate of drug-likeness (QED) is 0.739. The number of anilines is 1. The summed E-state index contributed by atoms with van der Waals surface area (Å²) < 4.78 is 5.53. The molecule has 2 aromatic carbocycles. The molecule has 1 aliphatic rings. The number of aromatic nitrogens is 1. The minimum Gasteiger partial charge on any atom is -0.493 e. The molecule has 1 amide bonds. The predicted octanol–water partition coefficient (Wildman–Crippen LogP) is 3.50. The number of halogens is 1. The molecular weight excluding hydrogens is 340 g/mol. The molecule has 0 saturated carbocycles. The molecule has 0 bridgehead atoms. The number of aliphatic hydroxyl groups is 1. The fourth-order valence-corrected chi connectivity index (χ4v) is 3.24. The minimum atomic E-state index is -1.71. The van der Waals surface area contributed by atoms with Crippen LogP contribution in [0, 0.1) is 0 Å². The highest BCUT2D eigenvalue weighted by molar-refractivity contribution is 6.30. The zero-order valence-electron chi connectivity index (χ0n) is 13.2. The maximum Gasteiger partial charge on any atom is 0.261 e. The number of benzene rings is 2. The number of hydrogen-bond donors (Lipinski definition) is 2. The van der Waals surface area contributed by atoms with Crippen LogP contribution in [0.1, 0.15) is 12.0 Å². The van der Waals surface area contributed by atoms with Crippen LogP contribution in [-0.4, -0.2) is 22.6 Å². The Labute approximate surface area is 149 Å². The van der Waals surface area contributed by atoms with Crippen LogP contribution in [0.4, 0.5) is 5.69 Å². The highest BCUT2D eigenvalue weighted by atomic mass is 35.5. The third kappa shape index (κ3) is 2.71. The van der Waals surface area contributed by atoms with Crippen molar-refractivity contribution in [3.8, 4) is 5.75 Å². The smallest absolute Gasteiger partial charge is 0.261 e. The Morgan fingerprint density at radius 2 is 2.08 bits per heavy atom. The lowest BCUT2D eigenvalue weighted by Crippen LogP contribution is -2.44. The SMILES string of the molecule is O=C(Nc1cncc2ccccc12)[C@@]1(O)CCOc2ccc(Cl)cc21. The summed E-state index contributed by atoms with van der Waals surface area (Å²) in [7, 11) is 0. The number of nitrogens with zero attached hydrogens (tertiary/aromatic N) is 1. The van der Waals surface area contributed by atoms with Crippen molar-refractivity contribution in [3.63, 3.8) is 0 Å². The molecule has 0 radical (unpaired) electrons. The fraction of sp³-hybridized carbons (Fsp3) is 0.158. The van der Waals surface area contributed by atoms with Gasteiger partial charge in [-0.3, -0.25) is 9.78 Å². The summed E-state index contributed by atoms with van der Waals surface area (Å²) >= 11 is 6.04. The minimum absolute atomic E-state index is 0.143. The number of carbonyl (C=O) groups excluding carboxylic acids is 1. The van der Waals surface area contributed by atoms with Crippen molar-refractivity contribution in [1.29, 1.82) is 0 Å². The van der Waals surface area contributed by atoms with Crippen LogP contribution >= 0.6 is 11.6 Å². The van der Waals surface area contributed by atoms with E-state index in [4.69, 9.17) is 16.3 Å². The lowest BCUT2D eigenvalue weighted by molar-refractivity contribution is -0.138. The van der Waals surface area contributed by atoms with Crippen LogP contribution in [0.15, 0.2) is 54.9 Å². The van der Waals surface area contributed by atoms with Gasteiger partial charge in [-0.1, -0.05) is 35.9 Å². The second-order valence-electron chi connectivity index (χ2n) is 5.96. The maximum absolute atomic E-state index is 12.9. The molecule has 1 aromatic heterocycles. The van der Waals surface area contributed by atoms with Crippen molar-refractivity contribution < 1.29 is 14.6 Å². The van der Waals surface area contributed by atoms with Gasteiger partial charge in [0.05, 0.1) is 18.5 Å². The maximum atomic E-state index is 12.9. The van der Waals surface area contributed by atoms with Gasteiger partial charge in [0, 0.05) is 34.0 Å². The highest BCUT2D eigenvalue weighted by Crippen LogP contribution is 2.39. The number of nitrogens with one attached hydrogen (secondary N) is 1. The number of ether oxygens (including phenoxy) is 1. The molecule has 3 aromatic rings. The van der Waals surface area contributed by atoms with Gasteiger partial charge in [-0.15, -0.1) is 0 Å². The van der Waals surface area contributed by atoms with E-state index in [0.717, 1.165) is 10.8 Å². The van der Waals surface area contributed by atoms with Crippen LogP contribution in [0.25, 0.3) is 10.8 Å². The fourth-order valence-electron chi connectivity index (χ4n) is 3.07. The lowest BCUT2D eigenvalue weighted by Gasteiger charge is -2.33. The molecule has 4 rings (SSSR count). The van der Waals surface area contributed by atoms with Crippen LogP contribution in [0.2, 0.25) is 5.02 Å². The second kappa shape index (κ2) is 6.02. The first kappa shape index (κ1) is 15.9. The Bertz CT molecular complexity index is 971. The van der Waals surface area contributed by atoms with Crippen molar-refractivity contribution in [2.75, 3.05) is 11.9 Å². The molecule has 126 valence electrons. The third-order valence-corrected chi connectivity index (χ3v) is 4.64. The molecule has 1 aliphatic heterocycles. The first-order valence-corrected chi connectivity index (χ1v) is 8.25. The Morgan fingerprint density at radius 1 is 1.24 bits per heavy atom. The van der Waals surface area contributed by atoms with Crippen LogP contribution < -0.4 is 10.1 Å². The van der Waals surface area contributed by atoms with Gasteiger partial charge in [-0.05, 0) is 18.2 Å². The van der Waals surface area contributed by atoms with Gasteiger partial charge in [0.15, 0.2) is 5.60 Å². The number of pyridine rings is 1. The molecule has 2 N–H and O–H groups in total. The Hall–Kier alpha value is -2.63. The first-order valence-electron chi connectivity index (χ1n) is 7.87. The monoisotopic (exact) mass is 354 g/mol. The molecule has 6 heteroatoms. The van der Waals surface area contributed by atoms with Crippen LogP contribution in [-0.2, 0) is 10.4 Å².